The van der Waals surface area contributed by atoms with Gasteiger partial charge in [0.1, 0.15) is 34.4 Å². The third kappa shape index (κ3) is 12.1. The van der Waals surface area contributed by atoms with E-state index in [2.05, 4.69) is 239 Å². The van der Waals surface area contributed by atoms with Gasteiger partial charge in [-0.05, 0) is 169 Å². The van der Waals surface area contributed by atoms with Crippen molar-refractivity contribution in [1.29, 1.82) is 0 Å². The number of likely N-dealkylation sites (N-methyl/N-ethyl adjacent to an activating group) is 1. The average Bonchev–Trinajstić information content (AvgIpc) is 1.58. The van der Waals surface area contributed by atoms with Crippen LogP contribution in [0.2, 0.25) is 0 Å². The summed E-state index contributed by atoms with van der Waals surface area (Å²) in [7, 11) is 4.20. The highest BCUT2D eigenvalue weighted by Gasteiger charge is 2.35. The summed E-state index contributed by atoms with van der Waals surface area (Å²) in [5.74, 6) is 2.78. The molecule has 4 N–H and O–H groups in total. The lowest BCUT2D eigenvalue weighted by Gasteiger charge is -2.29. The van der Waals surface area contributed by atoms with Crippen LogP contribution in [0.15, 0.2) is 261 Å². The van der Waals surface area contributed by atoms with Crippen molar-refractivity contribution in [2.24, 2.45) is 28.5 Å². The van der Waals surface area contributed by atoms with Crippen molar-refractivity contribution in [2.75, 3.05) is 7.05 Å². The fourth-order valence-electron chi connectivity index (χ4n) is 14.0. The van der Waals surface area contributed by atoms with Crippen molar-refractivity contribution in [3.05, 3.63) is 287 Å². The lowest BCUT2D eigenvalue weighted by Crippen LogP contribution is -2.30. The highest BCUT2D eigenvalue weighted by Crippen LogP contribution is 2.50. The maximum absolute atomic E-state index is 6.91. The molecule has 8 nitrogen and oxygen atoms in total. The van der Waals surface area contributed by atoms with Crippen LogP contribution in [0, 0.1) is 0 Å². The van der Waals surface area contributed by atoms with Gasteiger partial charge in [-0.3, -0.25) is 9.98 Å². The van der Waals surface area contributed by atoms with E-state index in [1.165, 1.54) is 69.8 Å². The fourth-order valence-corrected chi connectivity index (χ4v) is 15.1. The highest BCUT2D eigenvalue weighted by atomic mass is 32.1. The number of para-hydroxylation sites is 1. The minimum atomic E-state index is -0.0507. The molecule has 5 aliphatic rings. The van der Waals surface area contributed by atoms with Crippen LogP contribution in [-0.4, -0.2) is 40.3 Å². The predicted octanol–water partition coefficient (Wildman–Crippen LogP) is 22.1. The summed E-state index contributed by atoms with van der Waals surface area (Å²) in [6.45, 7) is 21.1. The van der Waals surface area contributed by atoms with Crippen molar-refractivity contribution in [3.8, 4) is 22.3 Å². The van der Waals surface area contributed by atoms with E-state index in [1.54, 1.807) is 6.08 Å². The van der Waals surface area contributed by atoms with Crippen molar-refractivity contribution in [1.82, 2.24) is 9.47 Å². The molecule has 0 amide bonds. The molecular weight excluding hydrogens is 1180 g/mol. The first-order chi connectivity index (χ1) is 46.3. The Labute approximate surface area is 562 Å². The number of benzene rings is 7. The van der Waals surface area contributed by atoms with Gasteiger partial charge in [0.25, 0.3) is 0 Å². The summed E-state index contributed by atoms with van der Waals surface area (Å²) >= 11 is 1.84. The number of nitrogens with two attached hydrogens (primary N) is 2. The second kappa shape index (κ2) is 26.9. The largest absolute Gasteiger partial charge is 0.456 e. The first kappa shape index (κ1) is 63.3. The van der Waals surface area contributed by atoms with Crippen LogP contribution < -0.4 is 11.5 Å². The van der Waals surface area contributed by atoms with Crippen molar-refractivity contribution < 1.29 is 8.83 Å². The Morgan fingerprint density at radius 1 is 0.642 bits per heavy atom. The Morgan fingerprint density at radius 2 is 1.33 bits per heavy atom. The Kier molecular flexibility index (Phi) is 17.9. The van der Waals surface area contributed by atoms with E-state index < -0.39 is 0 Å². The maximum Gasteiger partial charge on any atom is 0.143 e. The number of aliphatic imine (C=N–C) groups is 2. The zero-order valence-electron chi connectivity index (χ0n) is 55.7. The number of aromatic nitrogens is 1. The van der Waals surface area contributed by atoms with E-state index in [4.69, 9.17) is 30.3 Å². The molecule has 474 valence electrons. The van der Waals surface area contributed by atoms with Gasteiger partial charge in [0.05, 0.1) is 23.3 Å². The summed E-state index contributed by atoms with van der Waals surface area (Å²) in [5, 5.41) is 7.15. The minimum absolute atomic E-state index is 0.0107. The molecule has 9 heteroatoms. The standard InChI is InChI=1S/C42H39N3O.C38H29N3OS.C4H8.C2H6/c1-6-39-35(33-17-11-13-19-40(33)46-39)26-31-23-27(2)22-29(25-38(45(31)5)41(43)44-30-14-8-7-9-15-30)28-20-21-37-34(24-28)32-16-10-12-18-36(32)42(37,3)4;1-41-32-20-28-25-11-5-7-13-33(25)42-34(28)21-27(32)30-18-23(19-31(37(30)41)38(39)40-24-9-3-2-4-10-24)22-15-16-36-29(17-22)26-12-6-8-14-35(26)43-36;1-3-4-2;1-2/h6-14,16-22,24-26,30H,1-2,15,23H2,3-5H3,(H2,43,44);2-4,6-9,12-21,24H,5,10-11H2,1H3,(H2,39,40);3-4H,1-2H3;1-2H3/b29-22+,31-26+,38-25-;;4-3-;. The first-order valence-electron chi connectivity index (χ1n) is 33.2. The number of nitrogens with zero attached hydrogens (tertiary/aromatic N) is 4. The van der Waals surface area contributed by atoms with Gasteiger partial charge in [-0.15, -0.1) is 11.3 Å². The normalized spacial score (nSPS) is 18.8. The van der Waals surface area contributed by atoms with Crippen LogP contribution in [0.1, 0.15) is 112 Å². The predicted molar refractivity (Wildman–Crippen MR) is 409 cm³/mol. The van der Waals surface area contributed by atoms with Gasteiger partial charge in [0, 0.05) is 95.6 Å². The Bertz CT molecular complexity index is 5230. The van der Waals surface area contributed by atoms with Crippen LogP contribution in [0.3, 0.4) is 0 Å². The molecule has 95 heavy (non-hydrogen) atoms. The number of thiophene rings is 1. The Morgan fingerprint density at radius 3 is 2.07 bits per heavy atom. The molecule has 0 bridgehead atoms. The van der Waals surface area contributed by atoms with Gasteiger partial charge in [0.15, 0.2) is 0 Å². The Hall–Kier alpha value is -10.5. The number of aryl methyl sites for hydroxylation is 2. The van der Waals surface area contributed by atoms with Gasteiger partial charge in [-0.25, -0.2) is 0 Å². The quantitative estimate of drug-likeness (QED) is 0.0894. The summed E-state index contributed by atoms with van der Waals surface area (Å²) in [6, 6.07) is 48.2. The smallest absolute Gasteiger partial charge is 0.143 e. The summed E-state index contributed by atoms with van der Waals surface area (Å²) in [4.78, 5) is 12.1. The van der Waals surface area contributed by atoms with E-state index in [-0.39, 0.29) is 17.5 Å². The lowest BCUT2D eigenvalue weighted by molar-refractivity contribution is 0.532. The number of furan rings is 2. The number of hydrogen-bond acceptors (Lipinski definition) is 6. The zero-order valence-corrected chi connectivity index (χ0v) is 56.5. The zero-order chi connectivity index (χ0) is 66.1. The summed E-state index contributed by atoms with van der Waals surface area (Å²) in [5.41, 5.74) is 33.7. The van der Waals surface area contributed by atoms with Crippen LogP contribution in [0.25, 0.3) is 110 Å². The van der Waals surface area contributed by atoms with E-state index in [9.17, 15) is 0 Å². The van der Waals surface area contributed by atoms with E-state index >= 15 is 0 Å². The number of allylic oxidation sites excluding steroid dienone is 11. The molecule has 0 saturated heterocycles. The lowest BCUT2D eigenvalue weighted by atomic mass is 9.82. The van der Waals surface area contributed by atoms with E-state index in [0.29, 0.717) is 18.1 Å². The van der Waals surface area contributed by atoms with Crippen LogP contribution in [0.4, 0.5) is 0 Å². The second-order valence-electron chi connectivity index (χ2n) is 25.1. The number of amidine groups is 2. The Balaban J connectivity index is 0.000000159. The van der Waals surface area contributed by atoms with E-state index in [0.717, 1.165) is 109 Å². The molecule has 1 aliphatic heterocycles. The third-order valence-electron chi connectivity index (χ3n) is 18.9. The van der Waals surface area contributed by atoms with Gasteiger partial charge in [0.2, 0.25) is 0 Å². The molecule has 0 radical (unpaired) electrons. The number of rotatable bonds is 8. The van der Waals surface area contributed by atoms with Gasteiger partial charge in [-0.1, -0.05) is 193 Å². The fraction of sp³-hybridized carbons (Fsp3) is 0.186. The third-order valence-corrected chi connectivity index (χ3v) is 20.1. The van der Waals surface area contributed by atoms with Gasteiger partial charge in [-0.2, -0.15) is 0 Å². The summed E-state index contributed by atoms with van der Waals surface area (Å²) in [6.07, 6.45) is 37.7. The molecular formula is C86H82N6O2S. The molecule has 0 saturated carbocycles. The number of fused-ring (bicyclic) bond motifs is 13. The number of hydrogen-bond donors (Lipinski definition) is 2. The molecule has 5 heterocycles. The first-order valence-corrected chi connectivity index (χ1v) is 34.0. The van der Waals surface area contributed by atoms with Gasteiger partial charge >= 0.3 is 0 Å². The molecule has 7 aromatic carbocycles. The van der Waals surface area contributed by atoms with Crippen LogP contribution in [-0.2, 0) is 18.9 Å². The SMILES string of the molecule is C/C=C\C.C=Cc1oc2ccccc2c1/C=C1\CC(=C)/C=C(c2ccc3c(c2)-c2ccccc2C3(C)C)\C=C(\C(N)=NC2C=CC=CC2)N1C.CC.Cn1c2cc3c4c(oc3cc2c2cc(-c3ccc5sc6ccccc6c5c3)cc(C(N)=NC3C=CC=CC3)c21)C=CCC4. The molecule has 2 atom stereocenters. The van der Waals surface area contributed by atoms with Crippen LogP contribution in [0.5, 0.6) is 0 Å². The van der Waals surface area contributed by atoms with Crippen molar-refractivity contribution >= 4 is 111 Å². The van der Waals surface area contributed by atoms with Crippen molar-refractivity contribution in [3.63, 3.8) is 0 Å². The summed E-state index contributed by atoms with van der Waals surface area (Å²) < 4.78 is 17.4. The monoisotopic (exact) mass is 1260 g/mol. The molecule has 2 unspecified atom stereocenters. The minimum Gasteiger partial charge on any atom is -0.456 e. The molecule has 0 fully saturated rings. The van der Waals surface area contributed by atoms with Crippen LogP contribution >= 0.6 is 11.3 Å². The highest BCUT2D eigenvalue weighted by molar-refractivity contribution is 7.25. The van der Waals surface area contributed by atoms with E-state index in [1.807, 2.05) is 75.5 Å². The van der Waals surface area contributed by atoms with Gasteiger partial charge < -0.3 is 29.8 Å². The molecule has 16 rings (SSSR count). The molecule has 4 aromatic heterocycles. The molecule has 11 aromatic rings. The topological polar surface area (TPSA) is 111 Å². The van der Waals surface area contributed by atoms with Crippen molar-refractivity contribution in [2.45, 2.75) is 91.1 Å². The maximum atomic E-state index is 6.91. The second-order valence-corrected chi connectivity index (χ2v) is 26.2. The molecule has 0 spiro atoms. The average molecular weight is 1260 g/mol. The molecule has 4 aliphatic carbocycles.